The summed E-state index contributed by atoms with van der Waals surface area (Å²) < 4.78 is 62.5. The van der Waals surface area contributed by atoms with Crippen molar-refractivity contribution in [3.8, 4) is 0 Å². The van der Waals surface area contributed by atoms with Gasteiger partial charge in [0.25, 0.3) is 10.1 Å². The van der Waals surface area contributed by atoms with E-state index in [1.54, 1.807) is 6.92 Å². The Morgan fingerprint density at radius 1 is 1.62 bits per heavy atom. The van der Waals surface area contributed by atoms with Crippen molar-refractivity contribution in [2.75, 3.05) is 6.61 Å². The van der Waals surface area contributed by atoms with E-state index >= 15 is 0 Å². The van der Waals surface area contributed by atoms with Crippen LogP contribution in [0.1, 0.15) is 26.2 Å². The molecule has 4 atom stereocenters. The number of hydrogen-bond donors (Lipinski definition) is 0. The number of rotatable bonds is 5. The lowest BCUT2D eigenvalue weighted by atomic mass is 10.1. The maximum atomic E-state index is 13.9. The van der Waals surface area contributed by atoms with Crippen molar-refractivity contribution in [2.24, 2.45) is 0 Å². The van der Waals surface area contributed by atoms with Crippen LogP contribution in [0.2, 0.25) is 0 Å². The van der Waals surface area contributed by atoms with E-state index in [1.807, 2.05) is 0 Å². The molecule has 1 aliphatic rings. The second-order valence-electron chi connectivity index (χ2n) is 3.67. The average molecular weight is 273 g/mol. The number of alkyl halides is 1. The van der Waals surface area contributed by atoms with Gasteiger partial charge in [-0.15, -0.1) is 0 Å². The molecule has 0 aromatic carbocycles. The van der Waals surface area contributed by atoms with Crippen molar-refractivity contribution in [1.82, 2.24) is 0 Å². The summed E-state index contributed by atoms with van der Waals surface area (Å²) in [5.41, 5.74) is 0. The van der Waals surface area contributed by atoms with Crippen LogP contribution >= 0.6 is 0 Å². The molecule has 8 heteroatoms. The third kappa shape index (κ3) is 2.99. The molecular formula is C8H14FO5S2-. The van der Waals surface area contributed by atoms with Gasteiger partial charge in [-0.2, -0.15) is 8.42 Å². The second-order valence-corrected chi connectivity index (χ2v) is 6.63. The normalized spacial score (nSPS) is 29.8. The second kappa shape index (κ2) is 5.52. The molecule has 0 N–H and O–H groups in total. The van der Waals surface area contributed by atoms with Gasteiger partial charge in [-0.25, -0.2) is 4.39 Å². The monoisotopic (exact) mass is 273 g/mol. The third-order valence-corrected chi connectivity index (χ3v) is 5.27. The Morgan fingerprint density at radius 2 is 2.25 bits per heavy atom. The number of halogens is 1. The summed E-state index contributed by atoms with van der Waals surface area (Å²) in [5.74, 6) is 0. The van der Waals surface area contributed by atoms with Crippen molar-refractivity contribution in [1.29, 1.82) is 0 Å². The van der Waals surface area contributed by atoms with Gasteiger partial charge in [0.05, 0.1) is 11.9 Å². The van der Waals surface area contributed by atoms with Crippen molar-refractivity contribution in [2.45, 2.75) is 42.9 Å². The standard InChI is InChI=1S/C8H15FO5S2/c1-2-3-6(15(10)11)8(9)7-4-5-14-16(7,12)13/h6-8H,2-5H2,1H3,(H,10,11)/p-1. The third-order valence-electron chi connectivity index (χ3n) is 2.55. The summed E-state index contributed by atoms with van der Waals surface area (Å²) >= 11 is -2.61. The topological polar surface area (TPSA) is 83.5 Å². The van der Waals surface area contributed by atoms with E-state index in [-0.39, 0.29) is 19.4 Å². The highest BCUT2D eigenvalue weighted by Crippen LogP contribution is 2.27. The van der Waals surface area contributed by atoms with Gasteiger partial charge in [-0.1, -0.05) is 13.3 Å². The van der Waals surface area contributed by atoms with E-state index in [1.165, 1.54) is 0 Å². The van der Waals surface area contributed by atoms with Crippen LogP contribution in [0.5, 0.6) is 0 Å². The zero-order valence-corrected chi connectivity index (χ0v) is 10.4. The molecule has 0 radical (unpaired) electrons. The van der Waals surface area contributed by atoms with Crippen LogP contribution in [-0.2, 0) is 25.4 Å². The molecule has 1 aliphatic heterocycles. The van der Waals surface area contributed by atoms with Gasteiger partial charge in [-0.05, 0) is 23.9 Å². The molecular weight excluding hydrogens is 259 g/mol. The van der Waals surface area contributed by atoms with Crippen LogP contribution in [-0.4, -0.2) is 40.5 Å². The summed E-state index contributed by atoms with van der Waals surface area (Å²) in [7, 11) is -3.93. The van der Waals surface area contributed by atoms with Crippen molar-refractivity contribution in [3.63, 3.8) is 0 Å². The summed E-state index contributed by atoms with van der Waals surface area (Å²) in [6, 6.07) is 0. The van der Waals surface area contributed by atoms with Gasteiger partial charge in [0.15, 0.2) is 0 Å². The lowest BCUT2D eigenvalue weighted by Crippen LogP contribution is -2.39. The molecule has 0 amide bonds. The summed E-state index contributed by atoms with van der Waals surface area (Å²) in [5, 5.41) is -2.62. The first-order chi connectivity index (χ1) is 7.40. The highest BCUT2D eigenvalue weighted by atomic mass is 32.2. The molecule has 0 bridgehead atoms. The molecule has 5 nitrogen and oxygen atoms in total. The van der Waals surface area contributed by atoms with Gasteiger partial charge < -0.3 is 4.55 Å². The molecule has 16 heavy (non-hydrogen) atoms. The SMILES string of the molecule is CCCC(C(F)C1CCOS1(=O)=O)S(=O)[O-]. The maximum Gasteiger partial charge on any atom is 0.273 e. The smallest absolute Gasteiger partial charge is 0.273 e. The minimum absolute atomic E-state index is 0.0148. The van der Waals surface area contributed by atoms with Gasteiger partial charge in [0.2, 0.25) is 0 Å². The molecule has 0 aliphatic carbocycles. The van der Waals surface area contributed by atoms with Crippen molar-refractivity contribution >= 4 is 21.2 Å². The van der Waals surface area contributed by atoms with E-state index in [9.17, 15) is 21.6 Å². The van der Waals surface area contributed by atoms with Crippen LogP contribution in [0.25, 0.3) is 0 Å². The fourth-order valence-corrected chi connectivity index (χ4v) is 4.04. The molecule has 0 spiro atoms. The van der Waals surface area contributed by atoms with E-state index in [0.29, 0.717) is 6.42 Å². The Hall–Kier alpha value is -0.0500. The van der Waals surface area contributed by atoms with E-state index in [0.717, 1.165) is 0 Å². The summed E-state index contributed by atoms with van der Waals surface area (Å²) in [6.07, 6.45) is -1.30. The van der Waals surface area contributed by atoms with Crippen LogP contribution in [0.4, 0.5) is 4.39 Å². The Morgan fingerprint density at radius 3 is 2.62 bits per heavy atom. The van der Waals surface area contributed by atoms with Gasteiger partial charge in [0.1, 0.15) is 11.4 Å². The zero-order valence-electron chi connectivity index (χ0n) is 8.80. The van der Waals surface area contributed by atoms with Crippen LogP contribution < -0.4 is 0 Å². The number of hydrogen-bond acceptors (Lipinski definition) is 5. The Labute approximate surface area is 96.8 Å². The first-order valence-electron chi connectivity index (χ1n) is 5.00. The predicted molar refractivity (Wildman–Crippen MR) is 55.8 cm³/mol. The molecule has 1 saturated heterocycles. The lowest BCUT2D eigenvalue weighted by molar-refractivity contribution is 0.289. The first-order valence-corrected chi connectivity index (χ1v) is 7.61. The lowest BCUT2D eigenvalue weighted by Gasteiger charge is -2.25. The largest absolute Gasteiger partial charge is 0.772 e. The molecule has 96 valence electrons. The highest BCUT2D eigenvalue weighted by molar-refractivity contribution is 7.87. The predicted octanol–water partition coefficient (Wildman–Crippen LogP) is 0.491. The van der Waals surface area contributed by atoms with Gasteiger partial charge >= 0.3 is 0 Å². The minimum atomic E-state index is -3.93. The van der Waals surface area contributed by atoms with Gasteiger partial charge in [0, 0.05) is 0 Å². The Balaban J connectivity index is 2.82. The van der Waals surface area contributed by atoms with Gasteiger partial charge in [-0.3, -0.25) is 8.39 Å². The minimum Gasteiger partial charge on any atom is -0.772 e. The fourth-order valence-electron chi connectivity index (χ4n) is 1.72. The first kappa shape index (κ1) is 14.0. The highest BCUT2D eigenvalue weighted by Gasteiger charge is 2.43. The van der Waals surface area contributed by atoms with E-state index < -0.39 is 37.9 Å². The molecule has 0 aromatic rings. The summed E-state index contributed by atoms with van der Waals surface area (Å²) in [4.78, 5) is 0. The van der Waals surface area contributed by atoms with E-state index in [2.05, 4.69) is 4.18 Å². The molecule has 1 heterocycles. The summed E-state index contributed by atoms with van der Waals surface area (Å²) in [6.45, 7) is 1.64. The Bertz CT molecular complexity index is 355. The Kier molecular flexibility index (Phi) is 4.84. The quantitative estimate of drug-likeness (QED) is 0.537. The fraction of sp³-hybridized carbons (Fsp3) is 1.00. The maximum absolute atomic E-state index is 13.9. The molecule has 4 unspecified atom stereocenters. The van der Waals surface area contributed by atoms with Crippen LogP contribution in [0.15, 0.2) is 0 Å². The average Bonchev–Trinajstić information content (AvgIpc) is 2.53. The van der Waals surface area contributed by atoms with Crippen molar-refractivity contribution in [3.05, 3.63) is 0 Å². The van der Waals surface area contributed by atoms with Crippen LogP contribution in [0, 0.1) is 0 Å². The molecule has 0 saturated carbocycles. The van der Waals surface area contributed by atoms with Crippen LogP contribution in [0.3, 0.4) is 0 Å². The molecule has 0 aromatic heterocycles. The zero-order chi connectivity index (χ0) is 12.3. The van der Waals surface area contributed by atoms with Crippen molar-refractivity contribution < 1.29 is 25.8 Å². The molecule has 1 fully saturated rings. The molecule has 1 rings (SSSR count). The van der Waals surface area contributed by atoms with E-state index in [4.69, 9.17) is 0 Å².